The molecule has 1 amide bonds. The first kappa shape index (κ1) is 6.71. The van der Waals surface area contributed by atoms with Crippen LogP contribution in [0.15, 0.2) is 12.1 Å². The van der Waals surface area contributed by atoms with Crippen LogP contribution in [0.2, 0.25) is 0 Å². The number of rotatable bonds is 0. The van der Waals surface area contributed by atoms with Crippen LogP contribution in [0.3, 0.4) is 0 Å². The number of imidazole rings is 1. The molecule has 0 bridgehead atoms. The summed E-state index contributed by atoms with van der Waals surface area (Å²) in [5, 5.41) is 2.71. The van der Waals surface area contributed by atoms with Crippen molar-refractivity contribution < 1.29 is 9.53 Å². The van der Waals surface area contributed by atoms with E-state index >= 15 is 0 Å². The molecule has 13 heavy (non-hydrogen) atoms. The van der Waals surface area contributed by atoms with E-state index in [1.165, 1.54) is 0 Å². The Balaban J connectivity index is 2.07. The maximum Gasteiger partial charge on any atom is 0.412 e. The molecule has 1 unspecified atom stereocenters. The summed E-state index contributed by atoms with van der Waals surface area (Å²) in [5.74, 6) is 0.671. The van der Waals surface area contributed by atoms with Gasteiger partial charge in [0.1, 0.15) is 5.76 Å². The zero-order valence-corrected chi connectivity index (χ0v) is 6.70. The summed E-state index contributed by atoms with van der Waals surface area (Å²) in [6, 6.07) is -0.0135. The fourth-order valence-corrected chi connectivity index (χ4v) is 1.66. The summed E-state index contributed by atoms with van der Waals surface area (Å²) < 4.78 is 4.95. The summed E-state index contributed by atoms with van der Waals surface area (Å²) in [7, 11) is 0. The van der Waals surface area contributed by atoms with Gasteiger partial charge in [-0.25, -0.2) is 9.78 Å². The lowest BCUT2D eigenvalue weighted by atomic mass is 10.0. The van der Waals surface area contributed by atoms with Crippen LogP contribution in [0.1, 0.15) is 11.4 Å². The first-order valence-corrected chi connectivity index (χ1v) is 4.05. The van der Waals surface area contributed by atoms with Gasteiger partial charge in [-0.3, -0.25) is 0 Å². The highest BCUT2D eigenvalue weighted by molar-refractivity contribution is 5.76. The molecule has 1 aromatic heterocycles. The van der Waals surface area contributed by atoms with Crippen molar-refractivity contribution in [1.82, 2.24) is 15.3 Å². The Morgan fingerprint density at radius 2 is 2.54 bits per heavy atom. The van der Waals surface area contributed by atoms with Crippen LogP contribution in [0.5, 0.6) is 0 Å². The van der Waals surface area contributed by atoms with Crippen LogP contribution >= 0.6 is 0 Å². The Hall–Kier alpha value is -1.78. The van der Waals surface area contributed by atoms with Gasteiger partial charge in [-0.05, 0) is 0 Å². The molecule has 0 radical (unpaired) electrons. The van der Waals surface area contributed by atoms with Gasteiger partial charge < -0.3 is 15.0 Å². The molecule has 5 nitrogen and oxygen atoms in total. The second kappa shape index (κ2) is 2.12. The maximum atomic E-state index is 10.9. The van der Waals surface area contributed by atoms with Crippen molar-refractivity contribution in [1.29, 1.82) is 0 Å². The van der Waals surface area contributed by atoms with E-state index < -0.39 is 0 Å². The summed E-state index contributed by atoms with van der Waals surface area (Å²) in [4.78, 5) is 18.0. The third kappa shape index (κ3) is 0.867. The van der Waals surface area contributed by atoms with E-state index in [0.717, 1.165) is 17.8 Å². The number of fused-ring (bicyclic) bond motifs is 2. The van der Waals surface area contributed by atoms with Gasteiger partial charge in [-0.15, -0.1) is 0 Å². The van der Waals surface area contributed by atoms with Crippen molar-refractivity contribution in [3.05, 3.63) is 23.5 Å². The topological polar surface area (TPSA) is 67.0 Å². The largest absolute Gasteiger partial charge is 0.413 e. The highest BCUT2D eigenvalue weighted by Crippen LogP contribution is 2.25. The number of nitrogens with one attached hydrogen (secondary N) is 2. The number of carbonyl (C=O) groups is 1. The first-order valence-electron chi connectivity index (χ1n) is 4.05. The van der Waals surface area contributed by atoms with Crippen molar-refractivity contribution in [3.8, 4) is 0 Å². The van der Waals surface area contributed by atoms with Crippen LogP contribution in [-0.2, 0) is 11.2 Å². The molecular formula is C8H7N3O2. The number of ether oxygens (including phenoxy) is 1. The molecule has 1 atom stereocenters. The number of aromatic nitrogens is 2. The lowest BCUT2D eigenvalue weighted by molar-refractivity contribution is 0.195. The Kier molecular flexibility index (Phi) is 1.10. The smallest absolute Gasteiger partial charge is 0.412 e. The van der Waals surface area contributed by atoms with Crippen molar-refractivity contribution in [2.45, 2.75) is 12.5 Å². The molecule has 2 N–H and O–H groups in total. The highest BCUT2D eigenvalue weighted by atomic mass is 16.6. The van der Waals surface area contributed by atoms with E-state index in [4.69, 9.17) is 4.74 Å². The lowest BCUT2D eigenvalue weighted by Crippen LogP contribution is -2.29. The molecule has 1 aliphatic heterocycles. The minimum absolute atomic E-state index is 0.0135. The van der Waals surface area contributed by atoms with Crippen LogP contribution in [0.25, 0.3) is 6.08 Å². The second-order valence-corrected chi connectivity index (χ2v) is 3.10. The van der Waals surface area contributed by atoms with Crippen molar-refractivity contribution in [2.75, 3.05) is 0 Å². The molecule has 1 saturated heterocycles. The van der Waals surface area contributed by atoms with Gasteiger partial charge in [-0.2, -0.15) is 0 Å². The molecule has 1 aliphatic carbocycles. The van der Waals surface area contributed by atoms with Crippen molar-refractivity contribution in [3.63, 3.8) is 0 Å². The van der Waals surface area contributed by atoms with Crippen LogP contribution in [0, 0.1) is 0 Å². The van der Waals surface area contributed by atoms with Gasteiger partial charge in [0.15, 0.2) is 0 Å². The fraction of sp³-hybridized carbons (Fsp3) is 0.250. The number of carbonyl (C=O) groups excluding carboxylic acids is 1. The Labute approximate surface area is 73.8 Å². The van der Waals surface area contributed by atoms with Crippen LogP contribution in [0.4, 0.5) is 4.79 Å². The van der Waals surface area contributed by atoms with E-state index in [9.17, 15) is 4.79 Å². The molecular weight excluding hydrogens is 170 g/mol. The Bertz CT molecular complexity index is 407. The Morgan fingerprint density at radius 3 is 3.46 bits per heavy atom. The summed E-state index contributed by atoms with van der Waals surface area (Å²) in [6.07, 6.45) is 3.79. The average molecular weight is 177 g/mol. The predicted molar refractivity (Wildman–Crippen MR) is 43.7 cm³/mol. The van der Waals surface area contributed by atoms with E-state index in [2.05, 4.69) is 15.3 Å². The van der Waals surface area contributed by atoms with Crippen LogP contribution in [-0.4, -0.2) is 22.1 Å². The molecule has 66 valence electrons. The molecule has 1 fully saturated rings. The van der Waals surface area contributed by atoms with E-state index in [1.807, 2.05) is 0 Å². The number of H-pyrrole nitrogens is 1. The highest BCUT2D eigenvalue weighted by Gasteiger charge is 2.33. The molecule has 5 heteroatoms. The average Bonchev–Trinajstić information content (AvgIpc) is 2.63. The number of hydrogen-bond acceptors (Lipinski definition) is 3. The SMILES string of the molecule is O=C1NC2Cc3[nH]cnc3C=C2O1. The maximum absolute atomic E-state index is 10.9. The Morgan fingerprint density at radius 1 is 1.62 bits per heavy atom. The lowest BCUT2D eigenvalue weighted by Gasteiger charge is -2.12. The number of amides is 1. The summed E-state index contributed by atoms with van der Waals surface area (Å²) in [6.45, 7) is 0. The van der Waals surface area contributed by atoms with Gasteiger partial charge >= 0.3 is 6.09 Å². The molecule has 1 aromatic rings. The minimum Gasteiger partial charge on any atom is -0.413 e. The van der Waals surface area contributed by atoms with Gasteiger partial charge in [0, 0.05) is 18.2 Å². The van der Waals surface area contributed by atoms with Gasteiger partial charge in [0.25, 0.3) is 0 Å². The molecule has 2 aliphatic rings. The van der Waals surface area contributed by atoms with Crippen molar-refractivity contribution >= 4 is 12.2 Å². The van der Waals surface area contributed by atoms with Gasteiger partial charge in [0.05, 0.1) is 18.1 Å². The number of alkyl carbamates (subject to hydrolysis) is 1. The number of nitrogens with zero attached hydrogens (tertiary/aromatic N) is 1. The van der Waals surface area contributed by atoms with Crippen LogP contribution < -0.4 is 5.32 Å². The molecule has 0 saturated carbocycles. The van der Waals surface area contributed by atoms with E-state index in [0.29, 0.717) is 5.76 Å². The number of hydrogen-bond donors (Lipinski definition) is 2. The first-order chi connectivity index (χ1) is 6.33. The quantitative estimate of drug-likeness (QED) is 0.603. The molecule has 3 rings (SSSR count). The van der Waals surface area contributed by atoms with Crippen molar-refractivity contribution in [2.24, 2.45) is 0 Å². The molecule has 0 aromatic carbocycles. The van der Waals surface area contributed by atoms with Gasteiger partial charge in [0.2, 0.25) is 0 Å². The van der Waals surface area contributed by atoms with E-state index in [-0.39, 0.29) is 12.1 Å². The van der Waals surface area contributed by atoms with Gasteiger partial charge in [-0.1, -0.05) is 0 Å². The second-order valence-electron chi connectivity index (χ2n) is 3.10. The standard InChI is InChI=1S/C8H7N3O2/c12-8-11-6-1-4-5(10-3-9-4)2-7(6)13-8/h2-3,6H,1H2,(H,9,10)(H,11,12). The minimum atomic E-state index is -0.374. The zero-order chi connectivity index (χ0) is 8.84. The molecule has 0 spiro atoms. The summed E-state index contributed by atoms with van der Waals surface area (Å²) >= 11 is 0. The van der Waals surface area contributed by atoms with E-state index in [1.54, 1.807) is 12.4 Å². The third-order valence-electron chi connectivity index (χ3n) is 2.28. The fourth-order valence-electron chi connectivity index (χ4n) is 1.66. The third-order valence-corrected chi connectivity index (χ3v) is 2.28. The predicted octanol–water partition coefficient (Wildman–Crippen LogP) is 0.415. The number of aromatic amines is 1. The normalized spacial score (nSPS) is 24.2. The summed E-state index contributed by atoms with van der Waals surface area (Å²) in [5.41, 5.74) is 1.90. The monoisotopic (exact) mass is 177 g/mol. The molecule has 2 heterocycles. The zero-order valence-electron chi connectivity index (χ0n) is 6.70.